The maximum atomic E-state index is 11.9. The first-order valence-corrected chi connectivity index (χ1v) is 6.05. The fourth-order valence-corrected chi connectivity index (χ4v) is 2.08. The highest BCUT2D eigenvalue weighted by atomic mass is 16.5. The number of esters is 1. The Hall–Kier alpha value is -1.10. The van der Waals surface area contributed by atoms with Gasteiger partial charge in [0.05, 0.1) is 7.11 Å². The van der Waals surface area contributed by atoms with Crippen LogP contribution in [0.25, 0.3) is 0 Å². The number of carbonyl (C=O) groups is 2. The Labute approximate surface area is 102 Å². The lowest BCUT2D eigenvalue weighted by Gasteiger charge is -2.28. The van der Waals surface area contributed by atoms with E-state index in [1.165, 1.54) is 7.11 Å². The first kappa shape index (κ1) is 14.0. The summed E-state index contributed by atoms with van der Waals surface area (Å²) in [5.74, 6) is -0.630. The minimum absolute atomic E-state index is 0.219. The molecule has 1 unspecified atom stereocenters. The van der Waals surface area contributed by atoms with Crippen LogP contribution in [-0.2, 0) is 19.1 Å². The zero-order chi connectivity index (χ0) is 12.9. The summed E-state index contributed by atoms with van der Waals surface area (Å²) in [5.41, 5.74) is -0.952. The number of hydrogen-bond donors (Lipinski definition) is 1. The van der Waals surface area contributed by atoms with E-state index >= 15 is 0 Å². The molecule has 5 nitrogen and oxygen atoms in total. The van der Waals surface area contributed by atoms with Gasteiger partial charge in [-0.15, -0.1) is 0 Å². The van der Waals surface area contributed by atoms with Gasteiger partial charge in [-0.05, 0) is 26.2 Å². The average Bonchev–Trinajstić information content (AvgIpc) is 2.81. The molecule has 2 atom stereocenters. The molecule has 1 aliphatic heterocycles. The first-order valence-electron chi connectivity index (χ1n) is 6.05. The highest BCUT2D eigenvalue weighted by molar-refractivity contribution is 5.89. The van der Waals surface area contributed by atoms with Crippen molar-refractivity contribution in [1.29, 1.82) is 0 Å². The normalized spacial score (nSPS) is 22.9. The van der Waals surface area contributed by atoms with E-state index in [2.05, 4.69) is 5.32 Å². The Kier molecular flexibility index (Phi) is 4.93. The summed E-state index contributed by atoms with van der Waals surface area (Å²) in [7, 11) is 1.33. The molecule has 1 N–H and O–H groups in total. The lowest BCUT2D eigenvalue weighted by molar-refractivity contribution is -0.152. The predicted molar refractivity (Wildman–Crippen MR) is 62.4 cm³/mol. The van der Waals surface area contributed by atoms with E-state index in [4.69, 9.17) is 9.47 Å². The molecule has 0 saturated carbocycles. The van der Waals surface area contributed by atoms with Crippen LogP contribution in [0.3, 0.4) is 0 Å². The maximum absolute atomic E-state index is 11.9. The van der Waals surface area contributed by atoms with Gasteiger partial charge in [-0.25, -0.2) is 4.79 Å². The zero-order valence-electron chi connectivity index (χ0n) is 10.7. The van der Waals surface area contributed by atoms with Crippen LogP contribution in [0.1, 0.15) is 39.5 Å². The highest BCUT2D eigenvalue weighted by Gasteiger charge is 2.37. The summed E-state index contributed by atoms with van der Waals surface area (Å²) in [6.45, 7) is 4.26. The second-order valence-electron chi connectivity index (χ2n) is 4.56. The molecule has 1 fully saturated rings. The molecule has 0 aromatic rings. The largest absolute Gasteiger partial charge is 0.467 e. The van der Waals surface area contributed by atoms with Gasteiger partial charge in [0.2, 0.25) is 5.91 Å². The standard InChI is InChI=1S/C12H21NO4/c1-4-7-12(2,11(15)16-3)13-10(14)9-6-5-8-17-9/h9H,4-8H2,1-3H3,(H,13,14)/t9-,12?/m1/s1. The van der Waals surface area contributed by atoms with E-state index < -0.39 is 17.6 Å². The molecule has 0 radical (unpaired) electrons. The number of amides is 1. The third kappa shape index (κ3) is 3.43. The Bertz CT molecular complexity index is 286. The average molecular weight is 243 g/mol. The minimum Gasteiger partial charge on any atom is -0.467 e. The second kappa shape index (κ2) is 6.00. The zero-order valence-corrected chi connectivity index (χ0v) is 10.7. The van der Waals surface area contributed by atoms with Crippen molar-refractivity contribution in [2.75, 3.05) is 13.7 Å². The van der Waals surface area contributed by atoms with E-state index in [9.17, 15) is 9.59 Å². The maximum Gasteiger partial charge on any atom is 0.331 e. The predicted octanol–water partition coefficient (Wildman–Crippen LogP) is 1.01. The van der Waals surface area contributed by atoms with Gasteiger partial charge >= 0.3 is 5.97 Å². The van der Waals surface area contributed by atoms with Gasteiger partial charge < -0.3 is 14.8 Å². The monoisotopic (exact) mass is 243 g/mol. The molecule has 1 heterocycles. The molecule has 17 heavy (non-hydrogen) atoms. The summed E-state index contributed by atoms with van der Waals surface area (Å²) in [6.07, 6.45) is 2.53. The van der Waals surface area contributed by atoms with Gasteiger partial charge in [0.15, 0.2) is 0 Å². The van der Waals surface area contributed by atoms with Crippen LogP contribution in [0.15, 0.2) is 0 Å². The molecule has 0 aromatic heterocycles. The third-order valence-corrected chi connectivity index (χ3v) is 3.01. The van der Waals surface area contributed by atoms with E-state index in [1.807, 2.05) is 6.92 Å². The van der Waals surface area contributed by atoms with Crippen LogP contribution in [0.5, 0.6) is 0 Å². The number of ether oxygens (including phenoxy) is 2. The Balaban J connectivity index is 2.65. The molecule has 0 aliphatic carbocycles. The van der Waals surface area contributed by atoms with E-state index in [1.54, 1.807) is 6.92 Å². The summed E-state index contributed by atoms with van der Waals surface area (Å²) in [6, 6.07) is 0. The Morgan fingerprint density at radius 1 is 1.53 bits per heavy atom. The van der Waals surface area contributed by atoms with Gasteiger partial charge in [0, 0.05) is 6.61 Å². The molecule has 1 amide bonds. The first-order chi connectivity index (χ1) is 8.03. The van der Waals surface area contributed by atoms with Crippen molar-refractivity contribution >= 4 is 11.9 Å². The molecule has 1 aliphatic rings. The Morgan fingerprint density at radius 3 is 2.71 bits per heavy atom. The van der Waals surface area contributed by atoms with Crippen LogP contribution in [-0.4, -0.2) is 37.2 Å². The van der Waals surface area contributed by atoms with Crippen LogP contribution < -0.4 is 5.32 Å². The fraction of sp³-hybridized carbons (Fsp3) is 0.833. The molecular weight excluding hydrogens is 222 g/mol. The molecule has 5 heteroatoms. The fourth-order valence-electron chi connectivity index (χ4n) is 2.08. The number of hydrogen-bond acceptors (Lipinski definition) is 4. The lowest BCUT2D eigenvalue weighted by Crippen LogP contribution is -2.55. The van der Waals surface area contributed by atoms with Crippen LogP contribution in [0.4, 0.5) is 0 Å². The van der Waals surface area contributed by atoms with Gasteiger partial charge in [-0.3, -0.25) is 4.79 Å². The molecular formula is C12H21NO4. The van der Waals surface area contributed by atoms with Crippen molar-refractivity contribution in [3.8, 4) is 0 Å². The molecule has 0 spiro atoms. The van der Waals surface area contributed by atoms with Crippen LogP contribution >= 0.6 is 0 Å². The van der Waals surface area contributed by atoms with Gasteiger partial charge in [-0.1, -0.05) is 13.3 Å². The summed E-state index contributed by atoms with van der Waals surface area (Å²) < 4.78 is 10.0. The van der Waals surface area contributed by atoms with Gasteiger partial charge in [-0.2, -0.15) is 0 Å². The molecule has 1 saturated heterocycles. The molecule has 1 rings (SSSR count). The van der Waals surface area contributed by atoms with Gasteiger partial charge in [0.25, 0.3) is 0 Å². The van der Waals surface area contributed by atoms with Crippen molar-refractivity contribution in [2.45, 2.75) is 51.2 Å². The van der Waals surface area contributed by atoms with E-state index in [0.717, 1.165) is 19.3 Å². The van der Waals surface area contributed by atoms with E-state index in [0.29, 0.717) is 13.0 Å². The quantitative estimate of drug-likeness (QED) is 0.732. The summed E-state index contributed by atoms with van der Waals surface area (Å²) in [5, 5.41) is 2.75. The summed E-state index contributed by atoms with van der Waals surface area (Å²) >= 11 is 0. The lowest BCUT2D eigenvalue weighted by atomic mass is 9.95. The minimum atomic E-state index is -0.952. The van der Waals surface area contributed by atoms with Crippen LogP contribution in [0, 0.1) is 0 Å². The number of rotatable bonds is 5. The SMILES string of the molecule is CCCC(C)(NC(=O)[C@H]1CCCO1)C(=O)OC. The number of nitrogens with one attached hydrogen (secondary N) is 1. The van der Waals surface area contributed by atoms with Crippen molar-refractivity contribution < 1.29 is 19.1 Å². The van der Waals surface area contributed by atoms with E-state index in [-0.39, 0.29) is 5.91 Å². The van der Waals surface area contributed by atoms with Crippen molar-refractivity contribution in [3.63, 3.8) is 0 Å². The number of methoxy groups -OCH3 is 1. The molecule has 98 valence electrons. The molecule has 0 aromatic carbocycles. The highest BCUT2D eigenvalue weighted by Crippen LogP contribution is 2.17. The van der Waals surface area contributed by atoms with Crippen molar-refractivity contribution in [2.24, 2.45) is 0 Å². The van der Waals surface area contributed by atoms with Gasteiger partial charge in [0.1, 0.15) is 11.6 Å². The molecule has 0 bridgehead atoms. The Morgan fingerprint density at radius 2 is 2.24 bits per heavy atom. The summed E-state index contributed by atoms with van der Waals surface area (Å²) in [4.78, 5) is 23.6. The topological polar surface area (TPSA) is 64.6 Å². The van der Waals surface area contributed by atoms with Crippen LogP contribution in [0.2, 0.25) is 0 Å². The second-order valence-corrected chi connectivity index (χ2v) is 4.56. The van der Waals surface area contributed by atoms with Crippen molar-refractivity contribution in [3.05, 3.63) is 0 Å². The smallest absolute Gasteiger partial charge is 0.331 e. The number of carbonyl (C=O) groups excluding carboxylic acids is 2. The third-order valence-electron chi connectivity index (χ3n) is 3.01. The van der Waals surface area contributed by atoms with Crippen molar-refractivity contribution in [1.82, 2.24) is 5.32 Å².